The number of para-hydroxylation sites is 1. The van der Waals surface area contributed by atoms with Gasteiger partial charge in [-0.25, -0.2) is 0 Å². The van der Waals surface area contributed by atoms with E-state index in [1.54, 1.807) is 0 Å². The zero-order chi connectivity index (χ0) is 21.5. The number of aromatic nitrogens is 1. The Balaban J connectivity index is 1.29. The Morgan fingerprint density at radius 3 is 2.88 bits per heavy atom. The Labute approximate surface area is 192 Å². The molecule has 0 radical (unpaired) electrons. The van der Waals surface area contributed by atoms with E-state index in [1.165, 1.54) is 38.7 Å². The van der Waals surface area contributed by atoms with Gasteiger partial charge < -0.3 is 14.3 Å². The molecule has 1 aliphatic heterocycles. The maximum Gasteiger partial charge on any atom is 0.145 e. The maximum atomic E-state index is 6.43. The van der Waals surface area contributed by atoms with E-state index in [1.807, 2.05) is 6.07 Å². The molecule has 0 fully saturated rings. The second kappa shape index (κ2) is 6.41. The van der Waals surface area contributed by atoms with Crippen LogP contribution in [0.4, 0.5) is 0 Å². The van der Waals surface area contributed by atoms with Gasteiger partial charge in [-0.1, -0.05) is 60.7 Å². The highest BCUT2D eigenvalue weighted by molar-refractivity contribution is 6.16. The topological polar surface area (TPSA) is 32.2 Å². The number of allylic oxidation sites excluding steroid dienone is 5. The van der Waals surface area contributed by atoms with E-state index in [2.05, 4.69) is 88.8 Å². The minimum Gasteiger partial charge on any atom is -0.455 e. The normalized spacial score (nSPS) is 25.5. The van der Waals surface area contributed by atoms with Crippen LogP contribution in [0.5, 0.6) is 0 Å². The van der Waals surface area contributed by atoms with Gasteiger partial charge in [-0.2, -0.15) is 0 Å². The number of nitrogens with one attached hydrogen (secondary N) is 1. The summed E-state index contributed by atoms with van der Waals surface area (Å²) in [5, 5.41) is 3.65. The van der Waals surface area contributed by atoms with Gasteiger partial charge in [0.15, 0.2) is 0 Å². The molecule has 3 atom stereocenters. The van der Waals surface area contributed by atoms with Crippen LogP contribution in [0, 0.1) is 5.92 Å². The average molecular weight is 429 g/mol. The molecule has 4 aromatic rings. The molecule has 1 N–H and O–H groups in total. The Morgan fingerprint density at radius 1 is 0.939 bits per heavy atom. The van der Waals surface area contributed by atoms with Gasteiger partial charge in [0, 0.05) is 39.0 Å². The minimum absolute atomic E-state index is 0.346. The maximum absolute atomic E-state index is 6.43. The first kappa shape index (κ1) is 17.8. The van der Waals surface area contributed by atoms with E-state index in [0.29, 0.717) is 18.0 Å². The van der Waals surface area contributed by atoms with E-state index in [4.69, 9.17) is 4.42 Å². The first-order valence-corrected chi connectivity index (χ1v) is 12.0. The van der Waals surface area contributed by atoms with Crippen molar-refractivity contribution < 1.29 is 4.42 Å². The molecule has 0 saturated carbocycles. The van der Waals surface area contributed by atoms with Crippen LogP contribution in [-0.2, 0) is 6.42 Å². The predicted molar refractivity (Wildman–Crippen MR) is 135 cm³/mol. The molecule has 3 nitrogen and oxygen atoms in total. The molecule has 3 aliphatic carbocycles. The number of nitrogens with zero attached hydrogens (tertiary/aromatic N) is 1. The fourth-order valence-corrected chi connectivity index (χ4v) is 6.58. The van der Waals surface area contributed by atoms with Gasteiger partial charge in [-0.15, -0.1) is 0 Å². The predicted octanol–water partition coefficient (Wildman–Crippen LogP) is 7.04. The van der Waals surface area contributed by atoms with Crippen LogP contribution < -0.4 is 0 Å². The molecule has 3 heteroatoms. The summed E-state index contributed by atoms with van der Waals surface area (Å²) < 4.78 is 6.43. The zero-order valence-electron chi connectivity index (χ0n) is 18.3. The number of rotatable bonds is 1. The van der Waals surface area contributed by atoms with Crippen LogP contribution in [0.2, 0.25) is 0 Å². The van der Waals surface area contributed by atoms with Gasteiger partial charge in [-0.3, -0.25) is 0 Å². The van der Waals surface area contributed by atoms with E-state index in [-0.39, 0.29) is 0 Å². The zero-order valence-corrected chi connectivity index (χ0v) is 18.3. The number of H-pyrrole nitrogens is 1. The van der Waals surface area contributed by atoms with Crippen LogP contribution in [0.15, 0.2) is 94.6 Å². The largest absolute Gasteiger partial charge is 0.455 e. The van der Waals surface area contributed by atoms with Crippen molar-refractivity contribution in [2.45, 2.75) is 31.3 Å². The van der Waals surface area contributed by atoms with Crippen molar-refractivity contribution in [1.82, 2.24) is 9.88 Å². The summed E-state index contributed by atoms with van der Waals surface area (Å²) in [6, 6.07) is 13.5. The Bertz CT molecular complexity index is 1620. The van der Waals surface area contributed by atoms with Crippen molar-refractivity contribution in [3.63, 3.8) is 0 Å². The number of benzene rings is 2. The van der Waals surface area contributed by atoms with E-state index >= 15 is 0 Å². The quantitative estimate of drug-likeness (QED) is 0.353. The SMILES string of the molecule is C1=CC2C3=C(CCC=C3)N(C3C=Cc4[nH]c5ccc6c7ccccc7oc6c5c4C3)C2C=C1. The summed E-state index contributed by atoms with van der Waals surface area (Å²) in [4.78, 5) is 6.37. The third kappa shape index (κ3) is 2.34. The minimum atomic E-state index is 0.346. The third-order valence-electron chi connectivity index (χ3n) is 7.97. The van der Waals surface area contributed by atoms with Gasteiger partial charge in [0.2, 0.25) is 0 Å². The Morgan fingerprint density at radius 2 is 1.88 bits per heavy atom. The second-order valence-electron chi connectivity index (χ2n) is 9.65. The Kier molecular flexibility index (Phi) is 3.46. The fraction of sp³-hybridized carbons (Fsp3) is 0.200. The molecule has 33 heavy (non-hydrogen) atoms. The Hall–Kier alpha value is -3.72. The van der Waals surface area contributed by atoms with Crippen LogP contribution in [0.25, 0.3) is 38.9 Å². The molecule has 2 aromatic heterocycles. The van der Waals surface area contributed by atoms with Crippen molar-refractivity contribution in [2.24, 2.45) is 5.92 Å². The number of furan rings is 1. The van der Waals surface area contributed by atoms with Crippen LogP contribution in [0.3, 0.4) is 0 Å². The van der Waals surface area contributed by atoms with Crippen molar-refractivity contribution in [3.8, 4) is 0 Å². The lowest BCUT2D eigenvalue weighted by atomic mass is 9.88. The summed E-state index contributed by atoms with van der Waals surface area (Å²) in [6.07, 6.45) is 21.9. The average Bonchev–Trinajstić information content (AvgIpc) is 3.52. The van der Waals surface area contributed by atoms with Crippen molar-refractivity contribution in [2.75, 3.05) is 0 Å². The van der Waals surface area contributed by atoms with E-state index in [9.17, 15) is 0 Å². The van der Waals surface area contributed by atoms with Gasteiger partial charge in [0.25, 0.3) is 0 Å². The smallest absolute Gasteiger partial charge is 0.145 e. The molecule has 8 rings (SSSR count). The van der Waals surface area contributed by atoms with E-state index in [0.717, 1.165) is 35.9 Å². The molecular formula is C30H24N2O. The van der Waals surface area contributed by atoms with Gasteiger partial charge in [0.1, 0.15) is 11.2 Å². The van der Waals surface area contributed by atoms with Crippen LogP contribution in [-0.4, -0.2) is 22.0 Å². The first-order chi connectivity index (χ1) is 16.4. The number of aromatic amines is 1. The lowest BCUT2D eigenvalue weighted by molar-refractivity contribution is 0.242. The molecule has 0 bridgehead atoms. The summed E-state index contributed by atoms with van der Waals surface area (Å²) >= 11 is 0. The van der Waals surface area contributed by atoms with E-state index < -0.39 is 0 Å². The second-order valence-corrected chi connectivity index (χ2v) is 9.65. The number of hydrogen-bond donors (Lipinski definition) is 1. The standard InChI is InChI=1S/C30H24N2O/c1-4-10-26-19(7-1)20-8-2-5-11-27(20)32(26)18-13-15-24-23(17-18)29-25(31-24)16-14-22-21-9-3-6-12-28(21)33-30(22)29/h1-4,6-10,12-16,18-19,26,31H,5,11,17H2. The summed E-state index contributed by atoms with van der Waals surface area (Å²) in [7, 11) is 0. The fourth-order valence-electron chi connectivity index (χ4n) is 6.58. The van der Waals surface area contributed by atoms with Crippen molar-refractivity contribution in [1.29, 1.82) is 0 Å². The third-order valence-corrected chi connectivity index (χ3v) is 7.97. The van der Waals surface area contributed by atoms with Crippen molar-refractivity contribution in [3.05, 3.63) is 101 Å². The molecule has 4 aliphatic rings. The molecular weight excluding hydrogens is 404 g/mol. The highest BCUT2D eigenvalue weighted by Crippen LogP contribution is 2.46. The molecule has 3 heterocycles. The highest BCUT2D eigenvalue weighted by Gasteiger charge is 2.41. The lowest BCUT2D eigenvalue weighted by Crippen LogP contribution is -2.41. The molecule has 0 amide bonds. The van der Waals surface area contributed by atoms with Crippen LogP contribution >= 0.6 is 0 Å². The van der Waals surface area contributed by atoms with Gasteiger partial charge >= 0.3 is 0 Å². The summed E-state index contributed by atoms with van der Waals surface area (Å²) in [5.74, 6) is 0.474. The van der Waals surface area contributed by atoms with Crippen molar-refractivity contribution >= 4 is 38.9 Å². The number of fused-ring (bicyclic) bond motifs is 9. The lowest BCUT2D eigenvalue weighted by Gasteiger charge is -2.38. The molecule has 3 unspecified atom stereocenters. The first-order valence-electron chi connectivity index (χ1n) is 12.0. The summed E-state index contributed by atoms with van der Waals surface area (Å²) in [5.41, 5.74) is 8.80. The molecule has 0 spiro atoms. The van der Waals surface area contributed by atoms with Gasteiger partial charge in [0.05, 0.1) is 12.1 Å². The monoisotopic (exact) mass is 428 g/mol. The number of hydrogen-bond acceptors (Lipinski definition) is 2. The van der Waals surface area contributed by atoms with Gasteiger partial charge in [-0.05, 0) is 54.7 Å². The molecule has 2 aromatic carbocycles. The molecule has 160 valence electrons. The van der Waals surface area contributed by atoms with Crippen LogP contribution in [0.1, 0.15) is 24.1 Å². The molecule has 0 saturated heterocycles. The highest BCUT2D eigenvalue weighted by atomic mass is 16.3. The summed E-state index contributed by atoms with van der Waals surface area (Å²) in [6.45, 7) is 0.